The maximum absolute atomic E-state index is 17.3. The van der Waals surface area contributed by atoms with Gasteiger partial charge in [-0.1, -0.05) is 30.2 Å². The lowest BCUT2D eigenvalue weighted by molar-refractivity contribution is -0.136. The van der Waals surface area contributed by atoms with E-state index in [0.717, 1.165) is 23.3 Å². The first-order valence-electron chi connectivity index (χ1n) is 25.2. The van der Waals surface area contributed by atoms with E-state index in [9.17, 15) is 33.9 Å². The Hall–Kier alpha value is -8.13. The number of nitrogens with zero attached hydrogens (tertiary/aromatic N) is 7. The third kappa shape index (κ3) is 8.38. The van der Waals surface area contributed by atoms with Crippen molar-refractivity contribution in [2.24, 2.45) is 0 Å². The van der Waals surface area contributed by atoms with E-state index in [1.807, 2.05) is 0 Å². The third-order valence-electron chi connectivity index (χ3n) is 15.8. The number of halogens is 2. The van der Waals surface area contributed by atoms with Gasteiger partial charge < -0.3 is 39.8 Å². The lowest BCUT2D eigenvalue weighted by atomic mass is 9.94. The number of hydrogen-bond donors (Lipinski definition) is 4. The first-order chi connectivity index (χ1) is 36.7. The molecule has 9 heterocycles. The molecule has 390 valence electrons. The predicted molar refractivity (Wildman–Crippen MR) is 268 cm³/mol. The van der Waals surface area contributed by atoms with Crippen molar-refractivity contribution in [2.45, 2.75) is 80.8 Å². The molecule has 7 aliphatic heterocycles. The number of anilines is 2. The number of piperazine rings is 1. The largest absolute Gasteiger partial charge is 0.508 e. The number of piperidine rings is 1. The number of aromatic hydroxyl groups is 1. The molecule has 0 aliphatic carbocycles. The summed E-state index contributed by atoms with van der Waals surface area (Å²) in [5.41, 5.74) is -0.0217. The quantitative estimate of drug-likeness (QED) is 0.0873. The number of morpholine rings is 1. The minimum atomic E-state index is -1.19. The normalized spacial score (nSPS) is 25.2. The summed E-state index contributed by atoms with van der Waals surface area (Å²) in [6.45, 7) is 6.09. The van der Waals surface area contributed by atoms with Gasteiger partial charge >= 0.3 is 12.1 Å². The number of hydrogen-bond acceptors (Lipinski definition) is 16. The van der Waals surface area contributed by atoms with E-state index in [2.05, 4.69) is 48.2 Å². The van der Waals surface area contributed by atoms with Gasteiger partial charge in [-0.2, -0.15) is 9.97 Å². The van der Waals surface area contributed by atoms with Crippen molar-refractivity contribution in [1.29, 1.82) is 0 Å². The van der Waals surface area contributed by atoms with Crippen LogP contribution in [0.4, 0.5) is 25.1 Å². The second-order valence-electron chi connectivity index (χ2n) is 20.5. The lowest BCUT2D eigenvalue weighted by Gasteiger charge is -2.35. The number of carbonyl (C=O) groups excluding carboxylic acids is 6. The van der Waals surface area contributed by atoms with Crippen molar-refractivity contribution in [1.82, 2.24) is 40.3 Å². The minimum absolute atomic E-state index is 0.00610. The second-order valence-corrected chi connectivity index (χ2v) is 20.5. The van der Waals surface area contributed by atoms with E-state index in [1.165, 1.54) is 53.6 Å². The van der Waals surface area contributed by atoms with Crippen molar-refractivity contribution in [2.75, 3.05) is 62.8 Å². The van der Waals surface area contributed by atoms with E-state index in [4.69, 9.17) is 25.6 Å². The van der Waals surface area contributed by atoms with Crippen LogP contribution in [0.1, 0.15) is 71.2 Å². The molecule has 6 atom stereocenters. The molecule has 2 aromatic heterocycles. The molecule has 4 N–H and O–H groups in total. The number of imide groups is 2. The van der Waals surface area contributed by atoms with Gasteiger partial charge in [-0.3, -0.25) is 44.1 Å². The Bertz CT molecular complexity index is 3410. The van der Waals surface area contributed by atoms with Gasteiger partial charge in [-0.05, 0) is 74.2 Å². The number of ether oxygens (including phenoxy) is 3. The zero-order valence-corrected chi connectivity index (χ0v) is 40.9. The monoisotopic (exact) mass is 1040 g/mol. The average molecular weight is 1040 g/mol. The van der Waals surface area contributed by atoms with Gasteiger partial charge in [0.25, 0.3) is 17.7 Å². The number of benzene rings is 3. The summed E-state index contributed by atoms with van der Waals surface area (Å²) in [4.78, 5) is 99.3. The predicted octanol–water partition coefficient (Wildman–Crippen LogP) is 4.17. The fourth-order valence-corrected chi connectivity index (χ4v) is 12.3. The molecule has 12 rings (SSSR count). The average Bonchev–Trinajstić information content (AvgIpc) is 4.20. The van der Waals surface area contributed by atoms with Crippen LogP contribution in [-0.2, 0) is 23.9 Å². The smallest absolute Gasteiger partial charge is 0.409 e. The summed E-state index contributed by atoms with van der Waals surface area (Å²) >= 11 is 0. The van der Waals surface area contributed by atoms with Crippen molar-refractivity contribution in [3.8, 4) is 35.4 Å². The van der Waals surface area contributed by atoms with Crippen molar-refractivity contribution in [3.05, 3.63) is 89.1 Å². The van der Waals surface area contributed by atoms with Crippen LogP contribution < -0.4 is 25.6 Å². The summed E-state index contributed by atoms with van der Waals surface area (Å²) in [7, 11) is 0. The number of phenols is 1. The topological polar surface area (TPSA) is 238 Å². The molecule has 0 spiro atoms. The SMILES string of the molecule is C#Cc1c(F)ccc2cc(O)cc(-c3ncc4c(N5CC6CCC(C5)N6)nc(OC[C@@]56CC[C@@H](COC(=O)N7CCOC(C(=O)Nc8cccc9c8C(=O)N(C8CCC(=O)NC8=O)C9=O)C7)N5CC(=C)C6)nc4c3F)c12. The van der Waals surface area contributed by atoms with E-state index in [1.54, 1.807) is 0 Å². The Labute approximate surface area is 432 Å². The molecule has 0 saturated carbocycles. The standard InChI is InChI=1S/C54H50F2N10O10/c1-3-33-37(55)10-7-28-17-32(67)18-35(42(28)33)45-44(56)46-36(20-57-45)47(64-22-29-8-9-30(23-64)58-29)62-52(61-46)76-26-54-14-13-31(65(54)21-27(2)19-54)25-75-53(73)63-15-16-74-40(24-63)49(70)59-38-6-4-5-34-43(38)51(72)66(50(34)71)39-11-12-41(68)60-48(39)69/h1,4-7,10,17-18,20,29-31,39-40,58,67H,2,8-9,11-16,19,21-26H2,(H,59,70)(H,60,68,69)/t29?,30?,31-,39?,40?,54-/m0/s1. The highest BCUT2D eigenvalue weighted by Gasteiger charge is 2.52. The molecule has 6 amide bonds. The molecule has 20 nitrogen and oxygen atoms in total. The van der Waals surface area contributed by atoms with Crippen LogP contribution in [0.25, 0.3) is 32.9 Å². The first kappa shape index (κ1) is 48.8. The number of phenolic OH excluding ortho intramolecular Hbond substituents is 1. The highest BCUT2D eigenvalue weighted by molar-refractivity contribution is 6.26. The second kappa shape index (κ2) is 18.9. The lowest BCUT2D eigenvalue weighted by Crippen LogP contribution is -2.54. The number of amides is 6. The van der Waals surface area contributed by atoms with Gasteiger partial charge in [-0.25, -0.2) is 13.6 Å². The summed E-state index contributed by atoms with van der Waals surface area (Å²) < 4.78 is 50.6. The van der Waals surface area contributed by atoms with Gasteiger partial charge in [0.2, 0.25) is 11.8 Å². The maximum Gasteiger partial charge on any atom is 0.409 e. The van der Waals surface area contributed by atoms with Crippen LogP contribution in [0.3, 0.4) is 0 Å². The molecule has 4 unspecified atom stereocenters. The first-order valence-corrected chi connectivity index (χ1v) is 25.2. The van der Waals surface area contributed by atoms with Crippen molar-refractivity contribution >= 4 is 68.8 Å². The molecular formula is C54H50F2N10O10. The maximum atomic E-state index is 17.3. The summed E-state index contributed by atoms with van der Waals surface area (Å²) in [6, 6.07) is 8.63. The molecule has 6 fully saturated rings. The van der Waals surface area contributed by atoms with Crippen LogP contribution in [0.5, 0.6) is 11.8 Å². The number of fused-ring (bicyclic) bond motifs is 6. The molecule has 3 aromatic carbocycles. The fraction of sp³-hybridized carbons (Fsp3) is 0.389. The Kier molecular flexibility index (Phi) is 12.1. The van der Waals surface area contributed by atoms with E-state index in [0.29, 0.717) is 55.5 Å². The van der Waals surface area contributed by atoms with E-state index >= 15 is 8.78 Å². The van der Waals surface area contributed by atoms with Crippen LogP contribution in [0.15, 0.2) is 60.8 Å². The Morgan fingerprint density at radius 1 is 1.01 bits per heavy atom. The van der Waals surface area contributed by atoms with Crippen molar-refractivity contribution in [3.63, 3.8) is 0 Å². The van der Waals surface area contributed by atoms with Gasteiger partial charge in [0.1, 0.15) is 47.9 Å². The number of terminal acetylenes is 1. The zero-order valence-electron chi connectivity index (χ0n) is 40.9. The molecule has 6 saturated heterocycles. The molecular weight excluding hydrogens is 987 g/mol. The Morgan fingerprint density at radius 3 is 2.62 bits per heavy atom. The molecule has 76 heavy (non-hydrogen) atoms. The number of carbonyl (C=O) groups is 6. The molecule has 5 aromatic rings. The summed E-state index contributed by atoms with van der Waals surface area (Å²) in [5, 5.41) is 20.1. The van der Waals surface area contributed by atoms with Gasteiger partial charge in [-0.15, -0.1) is 6.42 Å². The van der Waals surface area contributed by atoms with Crippen LogP contribution in [-0.4, -0.2) is 159 Å². The Morgan fingerprint density at radius 2 is 1.83 bits per heavy atom. The van der Waals surface area contributed by atoms with Crippen LogP contribution >= 0.6 is 0 Å². The van der Waals surface area contributed by atoms with E-state index in [-0.39, 0.29) is 120 Å². The van der Waals surface area contributed by atoms with Crippen molar-refractivity contribution < 1.29 is 56.9 Å². The highest BCUT2D eigenvalue weighted by Crippen LogP contribution is 2.45. The van der Waals surface area contributed by atoms with Gasteiger partial charge in [0, 0.05) is 67.9 Å². The number of rotatable bonds is 10. The number of aromatic nitrogens is 3. The highest BCUT2D eigenvalue weighted by atomic mass is 19.1. The Balaban J connectivity index is 0.740. The molecule has 0 radical (unpaired) electrons. The third-order valence-corrected chi connectivity index (χ3v) is 15.8. The molecule has 2 bridgehead atoms. The summed E-state index contributed by atoms with van der Waals surface area (Å²) in [5.74, 6) is -2.34. The molecule has 22 heteroatoms. The van der Waals surface area contributed by atoms with Crippen LogP contribution in [0, 0.1) is 24.0 Å². The van der Waals surface area contributed by atoms with Gasteiger partial charge in [0.15, 0.2) is 11.9 Å². The number of pyridine rings is 1. The minimum Gasteiger partial charge on any atom is -0.508 e. The number of nitrogens with one attached hydrogen (secondary N) is 3. The van der Waals surface area contributed by atoms with Gasteiger partial charge in [0.05, 0.1) is 46.5 Å². The zero-order chi connectivity index (χ0) is 52.7. The molecule has 7 aliphatic rings. The summed E-state index contributed by atoms with van der Waals surface area (Å²) in [6.07, 6.45) is 9.15. The van der Waals surface area contributed by atoms with E-state index < -0.39 is 64.9 Å². The van der Waals surface area contributed by atoms with Crippen LogP contribution in [0.2, 0.25) is 0 Å². The fourth-order valence-electron chi connectivity index (χ4n) is 12.3.